The van der Waals surface area contributed by atoms with Crippen LogP contribution in [0.5, 0.6) is 0 Å². The first-order valence-corrected chi connectivity index (χ1v) is 11.2. The highest BCUT2D eigenvalue weighted by Gasteiger charge is 1.98. The molecule has 0 atom stereocenters. The highest BCUT2D eigenvalue weighted by Crippen LogP contribution is 2.17. The topological polar surface area (TPSA) is 24.7 Å². The summed E-state index contributed by atoms with van der Waals surface area (Å²) >= 11 is 0. The Kier molecular flexibility index (Phi) is 12.9. The molecule has 0 radical (unpaired) electrons. The van der Waals surface area contributed by atoms with Gasteiger partial charge in [-0.2, -0.15) is 0 Å². The Morgan fingerprint density at radius 2 is 1.44 bits per heavy atom. The van der Waals surface area contributed by atoms with Crippen LogP contribution in [0, 0.1) is 6.92 Å². The first kappa shape index (κ1) is 28.0. The molecule has 0 aromatic heterocycles. The van der Waals surface area contributed by atoms with Crippen LogP contribution in [0.3, 0.4) is 0 Å². The lowest BCUT2D eigenvalue weighted by Gasteiger charge is -2.04. The molecule has 0 amide bonds. The molecule has 34 heavy (non-hydrogen) atoms. The van der Waals surface area contributed by atoms with Gasteiger partial charge in [0.25, 0.3) is 0 Å². The van der Waals surface area contributed by atoms with E-state index in [1.54, 1.807) is 18.2 Å². The minimum atomic E-state index is 0.772. The zero-order valence-electron chi connectivity index (χ0n) is 21.0. The molecular weight excluding hydrogens is 412 g/mol. The van der Waals surface area contributed by atoms with E-state index in [4.69, 9.17) is 0 Å². The van der Waals surface area contributed by atoms with Crippen molar-refractivity contribution in [1.82, 2.24) is 0 Å². The van der Waals surface area contributed by atoms with Crippen LogP contribution in [0.25, 0.3) is 12.2 Å². The van der Waals surface area contributed by atoms with Crippen molar-refractivity contribution >= 4 is 24.6 Å². The molecule has 0 bridgehead atoms. The van der Waals surface area contributed by atoms with Gasteiger partial charge >= 0.3 is 0 Å². The van der Waals surface area contributed by atoms with E-state index in [1.807, 2.05) is 81.8 Å². The molecule has 0 fully saturated rings. The zero-order valence-corrected chi connectivity index (χ0v) is 21.0. The van der Waals surface area contributed by atoms with Crippen molar-refractivity contribution in [2.24, 2.45) is 9.98 Å². The second kappa shape index (κ2) is 15.7. The third-order valence-electron chi connectivity index (χ3n) is 4.70. The fourth-order valence-corrected chi connectivity index (χ4v) is 2.69. The lowest BCUT2D eigenvalue weighted by Crippen LogP contribution is -1.86. The molecule has 0 saturated carbocycles. The number of rotatable bonds is 12. The predicted octanol–water partition coefficient (Wildman–Crippen LogP) is 8.96. The fraction of sp³-hybridized carbons (Fsp3) is 0.125. The quantitative estimate of drug-likeness (QED) is 0.225. The van der Waals surface area contributed by atoms with Gasteiger partial charge in [0.1, 0.15) is 0 Å². The van der Waals surface area contributed by atoms with Crippen LogP contribution in [0.2, 0.25) is 0 Å². The Labute approximate surface area is 206 Å². The van der Waals surface area contributed by atoms with E-state index in [0.717, 1.165) is 39.2 Å². The molecule has 174 valence electrons. The molecule has 2 nitrogen and oxygen atoms in total. The number of aliphatic imine (C=N–C) groups is 2. The molecular formula is C32H36N2. The van der Waals surface area contributed by atoms with Crippen molar-refractivity contribution in [2.45, 2.75) is 27.7 Å². The monoisotopic (exact) mass is 448 g/mol. The third kappa shape index (κ3) is 10.5. The number of allylic oxidation sites excluding steroid dienone is 12. The van der Waals surface area contributed by atoms with E-state index >= 15 is 0 Å². The van der Waals surface area contributed by atoms with Gasteiger partial charge in [-0.1, -0.05) is 98.2 Å². The summed E-state index contributed by atoms with van der Waals surface area (Å²) in [7, 11) is 0. The summed E-state index contributed by atoms with van der Waals surface area (Å²) in [6.45, 7) is 23.4. The zero-order chi connectivity index (χ0) is 25.3. The van der Waals surface area contributed by atoms with Crippen molar-refractivity contribution in [3.05, 3.63) is 144 Å². The number of hydrogen-bond donors (Lipinski definition) is 0. The first-order valence-electron chi connectivity index (χ1n) is 11.2. The summed E-state index contributed by atoms with van der Waals surface area (Å²) in [5.74, 6) is 0. The molecule has 0 heterocycles. The van der Waals surface area contributed by atoms with Crippen LogP contribution in [0.1, 0.15) is 37.5 Å². The van der Waals surface area contributed by atoms with Gasteiger partial charge in [0, 0.05) is 12.4 Å². The lowest BCUT2D eigenvalue weighted by atomic mass is 10.0. The predicted molar refractivity (Wildman–Crippen MR) is 155 cm³/mol. The Morgan fingerprint density at radius 1 is 0.765 bits per heavy atom. The van der Waals surface area contributed by atoms with Gasteiger partial charge in [-0.3, -0.25) is 9.98 Å². The summed E-state index contributed by atoms with van der Waals surface area (Å²) < 4.78 is 0. The minimum absolute atomic E-state index is 0.772. The molecule has 0 aliphatic rings. The number of aryl methyl sites for hydroxylation is 1. The Balaban J connectivity index is 3.14. The van der Waals surface area contributed by atoms with Crippen molar-refractivity contribution in [1.29, 1.82) is 0 Å². The summed E-state index contributed by atoms with van der Waals surface area (Å²) in [6, 6.07) is 6.25. The van der Waals surface area contributed by atoms with Crippen LogP contribution in [0.4, 0.5) is 0 Å². The maximum Gasteiger partial charge on any atom is 0.0630 e. The number of benzene rings is 1. The Bertz CT molecular complexity index is 1140. The number of hydrogen-bond acceptors (Lipinski definition) is 2. The van der Waals surface area contributed by atoms with Gasteiger partial charge in [-0.05, 0) is 74.3 Å². The van der Waals surface area contributed by atoms with Crippen LogP contribution in [0.15, 0.2) is 137 Å². The molecule has 1 rings (SSSR count). The molecule has 1 aromatic carbocycles. The standard InChI is InChI=1S/C32H36N2/c1-9-14-28(18-15-27(8)23-33-31(12-4)20-17-25(6)10-2)24-34-32(13-5)22-30-19-16-26(7)21-29(30)11-3/h9-24H,2-5H2,1,6-8H3/b14-9-,25-17-,27-15+,28-18+,31-20+,32-22+,33-23+,34-24-. The largest absolute Gasteiger partial charge is 0.257 e. The van der Waals surface area contributed by atoms with Gasteiger partial charge < -0.3 is 0 Å². The Morgan fingerprint density at radius 3 is 2.06 bits per heavy atom. The van der Waals surface area contributed by atoms with E-state index in [9.17, 15) is 0 Å². The van der Waals surface area contributed by atoms with Crippen molar-refractivity contribution < 1.29 is 0 Å². The van der Waals surface area contributed by atoms with E-state index in [-0.39, 0.29) is 0 Å². The average molecular weight is 449 g/mol. The van der Waals surface area contributed by atoms with Gasteiger partial charge in [0.15, 0.2) is 0 Å². The molecule has 0 unspecified atom stereocenters. The van der Waals surface area contributed by atoms with Crippen LogP contribution < -0.4 is 0 Å². The van der Waals surface area contributed by atoms with Gasteiger partial charge in [-0.25, -0.2) is 0 Å². The maximum absolute atomic E-state index is 4.63. The molecule has 1 aromatic rings. The molecule has 0 saturated heterocycles. The summed E-state index contributed by atoms with van der Waals surface area (Å²) in [4.78, 5) is 9.12. The van der Waals surface area contributed by atoms with E-state index < -0.39 is 0 Å². The number of nitrogens with zero attached hydrogens (tertiary/aromatic N) is 2. The lowest BCUT2D eigenvalue weighted by molar-refractivity contribution is 1.40. The minimum Gasteiger partial charge on any atom is -0.257 e. The SMILES string of the molecule is C=C\C(C)=C/C=C(C=C)/N=C/C(C)=C/C=C(\C=C/C)/C=N\C(C=C)=C\c1ccc(C)cc1C=C. The fourth-order valence-electron chi connectivity index (χ4n) is 2.69. The second-order valence-electron chi connectivity index (χ2n) is 7.61. The highest BCUT2D eigenvalue weighted by atomic mass is 14.7. The van der Waals surface area contributed by atoms with E-state index in [1.165, 1.54) is 5.56 Å². The smallest absolute Gasteiger partial charge is 0.0630 e. The van der Waals surface area contributed by atoms with E-state index in [0.29, 0.717) is 0 Å². The van der Waals surface area contributed by atoms with E-state index in [2.05, 4.69) is 61.4 Å². The van der Waals surface area contributed by atoms with Gasteiger partial charge in [0.05, 0.1) is 11.4 Å². The second-order valence-corrected chi connectivity index (χ2v) is 7.61. The summed E-state index contributed by atoms with van der Waals surface area (Å²) in [5, 5.41) is 0. The summed E-state index contributed by atoms with van der Waals surface area (Å²) in [6.07, 6.45) is 24.6. The van der Waals surface area contributed by atoms with Gasteiger partial charge in [-0.15, -0.1) is 0 Å². The highest BCUT2D eigenvalue weighted by molar-refractivity contribution is 5.85. The van der Waals surface area contributed by atoms with Gasteiger partial charge in [0.2, 0.25) is 0 Å². The molecule has 2 heteroatoms. The van der Waals surface area contributed by atoms with Crippen LogP contribution >= 0.6 is 0 Å². The van der Waals surface area contributed by atoms with Crippen LogP contribution in [-0.4, -0.2) is 12.4 Å². The molecule has 0 spiro atoms. The van der Waals surface area contributed by atoms with Crippen molar-refractivity contribution in [2.75, 3.05) is 0 Å². The molecule has 0 aliphatic heterocycles. The maximum atomic E-state index is 4.63. The average Bonchev–Trinajstić information content (AvgIpc) is 2.85. The first-order chi connectivity index (χ1) is 16.4. The Hall–Kier alpha value is -4.04. The van der Waals surface area contributed by atoms with Crippen molar-refractivity contribution in [3.8, 4) is 0 Å². The molecule has 0 N–H and O–H groups in total. The molecule has 0 aliphatic carbocycles. The van der Waals surface area contributed by atoms with Crippen molar-refractivity contribution in [3.63, 3.8) is 0 Å². The van der Waals surface area contributed by atoms with Crippen LogP contribution in [-0.2, 0) is 0 Å². The third-order valence-corrected chi connectivity index (χ3v) is 4.70. The summed E-state index contributed by atoms with van der Waals surface area (Å²) in [5.41, 5.74) is 7.90. The normalized spacial score (nSPS) is 14.3.